The van der Waals surface area contributed by atoms with E-state index in [1.165, 1.54) is 16.7 Å². The van der Waals surface area contributed by atoms with Crippen molar-refractivity contribution >= 4 is 20.8 Å². The average molecular weight is 485 g/mol. The van der Waals surface area contributed by atoms with E-state index in [1.807, 2.05) is 0 Å². The minimum absolute atomic E-state index is 0.0774. The van der Waals surface area contributed by atoms with Crippen molar-refractivity contribution in [2.75, 3.05) is 19.4 Å². The molecule has 0 saturated carbocycles. The first kappa shape index (κ1) is 21.7. The molecule has 0 amide bonds. The summed E-state index contributed by atoms with van der Waals surface area (Å²) in [6.45, 7) is 1.41. The van der Waals surface area contributed by atoms with Gasteiger partial charge in [-0.05, 0) is 0 Å². The van der Waals surface area contributed by atoms with Crippen molar-refractivity contribution < 1.29 is 9.47 Å². The molecule has 158 valence electrons. The molecular formula is C26H30BrO2P. The molecule has 1 heterocycles. The Labute approximate surface area is 188 Å². The van der Waals surface area contributed by atoms with E-state index in [-0.39, 0.29) is 6.29 Å². The summed E-state index contributed by atoms with van der Waals surface area (Å²) in [5, 5.41) is -2.44. The summed E-state index contributed by atoms with van der Waals surface area (Å²) in [5.74, 6) is 0. The maximum absolute atomic E-state index is 5.82. The molecule has 3 aromatic carbocycles. The van der Waals surface area contributed by atoms with Crippen molar-refractivity contribution in [3.8, 4) is 0 Å². The Morgan fingerprint density at radius 3 is 1.37 bits per heavy atom. The SMILES string of the molecule is BrP(CCC1OCCO1)(Cc1ccccc1)(Cc1ccccc1)Cc1ccccc1. The summed E-state index contributed by atoms with van der Waals surface area (Å²) in [5.41, 5.74) is 4.19. The molecule has 1 aliphatic rings. The number of hydrogen-bond acceptors (Lipinski definition) is 2. The van der Waals surface area contributed by atoms with E-state index in [4.69, 9.17) is 9.47 Å². The fourth-order valence-corrected chi connectivity index (χ4v) is 12.8. The molecule has 0 spiro atoms. The number of rotatable bonds is 9. The van der Waals surface area contributed by atoms with Crippen LogP contribution in [-0.4, -0.2) is 25.7 Å². The first-order valence-electron chi connectivity index (χ1n) is 10.7. The average Bonchev–Trinajstić information content (AvgIpc) is 3.28. The molecule has 0 radical (unpaired) electrons. The van der Waals surface area contributed by atoms with E-state index < -0.39 is 5.31 Å². The van der Waals surface area contributed by atoms with Gasteiger partial charge in [-0.15, -0.1) is 0 Å². The van der Waals surface area contributed by atoms with Gasteiger partial charge in [-0.2, -0.15) is 0 Å². The van der Waals surface area contributed by atoms with Crippen molar-refractivity contribution in [2.24, 2.45) is 0 Å². The van der Waals surface area contributed by atoms with Crippen LogP contribution in [-0.2, 0) is 28.0 Å². The Bertz CT molecular complexity index is 807. The fraction of sp³-hybridized carbons (Fsp3) is 0.308. The second-order valence-electron chi connectivity index (χ2n) is 8.43. The second kappa shape index (κ2) is 9.75. The van der Waals surface area contributed by atoms with Crippen LogP contribution in [0.4, 0.5) is 0 Å². The third kappa shape index (κ3) is 5.80. The van der Waals surface area contributed by atoms with Crippen LogP contribution in [0.2, 0.25) is 0 Å². The summed E-state index contributed by atoms with van der Waals surface area (Å²) in [6.07, 6.45) is 5.10. The summed E-state index contributed by atoms with van der Waals surface area (Å²) in [4.78, 5) is 0. The van der Waals surface area contributed by atoms with Gasteiger partial charge in [-0.3, -0.25) is 0 Å². The predicted octanol–water partition coefficient (Wildman–Crippen LogP) is 7.21. The van der Waals surface area contributed by atoms with Crippen LogP contribution in [0.3, 0.4) is 0 Å². The first-order valence-corrected chi connectivity index (χ1v) is 15.7. The summed E-state index contributed by atoms with van der Waals surface area (Å²) >= 11 is 4.53. The molecular weight excluding hydrogens is 455 g/mol. The van der Waals surface area contributed by atoms with Gasteiger partial charge in [0.05, 0.1) is 0 Å². The van der Waals surface area contributed by atoms with Gasteiger partial charge in [0.1, 0.15) is 0 Å². The molecule has 0 aliphatic carbocycles. The van der Waals surface area contributed by atoms with E-state index >= 15 is 0 Å². The predicted molar refractivity (Wildman–Crippen MR) is 131 cm³/mol. The van der Waals surface area contributed by atoms with Gasteiger partial charge >= 0.3 is 189 Å². The van der Waals surface area contributed by atoms with Gasteiger partial charge in [-0.25, -0.2) is 0 Å². The number of ether oxygens (including phenoxy) is 2. The van der Waals surface area contributed by atoms with E-state index in [0.717, 1.165) is 31.1 Å². The zero-order valence-corrected chi connectivity index (χ0v) is 19.8. The van der Waals surface area contributed by atoms with Gasteiger partial charge in [-0.1, -0.05) is 0 Å². The molecule has 4 heteroatoms. The molecule has 0 unspecified atom stereocenters. The van der Waals surface area contributed by atoms with Gasteiger partial charge < -0.3 is 0 Å². The molecule has 0 bridgehead atoms. The van der Waals surface area contributed by atoms with E-state index in [1.54, 1.807) is 0 Å². The summed E-state index contributed by atoms with van der Waals surface area (Å²) in [7, 11) is 0. The topological polar surface area (TPSA) is 18.5 Å². The molecule has 4 rings (SSSR count). The van der Waals surface area contributed by atoms with Gasteiger partial charge in [0.15, 0.2) is 0 Å². The first-order chi connectivity index (χ1) is 14.6. The normalized spacial score (nSPS) is 16.2. The van der Waals surface area contributed by atoms with Crippen molar-refractivity contribution in [1.82, 2.24) is 0 Å². The monoisotopic (exact) mass is 484 g/mol. The van der Waals surface area contributed by atoms with E-state index in [9.17, 15) is 0 Å². The third-order valence-electron chi connectivity index (χ3n) is 5.88. The van der Waals surface area contributed by atoms with E-state index in [0.29, 0.717) is 13.2 Å². The van der Waals surface area contributed by atoms with Crippen molar-refractivity contribution in [3.63, 3.8) is 0 Å². The van der Waals surface area contributed by atoms with Crippen molar-refractivity contribution in [2.45, 2.75) is 31.2 Å². The maximum atomic E-state index is 5.82. The summed E-state index contributed by atoms with van der Waals surface area (Å²) < 4.78 is 11.6. The van der Waals surface area contributed by atoms with Crippen LogP contribution in [0, 0.1) is 0 Å². The molecule has 2 nitrogen and oxygen atoms in total. The van der Waals surface area contributed by atoms with Crippen LogP contribution in [0.1, 0.15) is 23.1 Å². The second-order valence-corrected chi connectivity index (χ2v) is 19.5. The fourth-order valence-electron chi connectivity index (χ4n) is 4.53. The van der Waals surface area contributed by atoms with Crippen LogP contribution in [0.25, 0.3) is 0 Å². The van der Waals surface area contributed by atoms with Crippen LogP contribution >= 0.6 is 20.8 Å². The molecule has 0 N–H and O–H groups in total. The number of halogens is 1. The Morgan fingerprint density at radius 1 is 0.633 bits per heavy atom. The van der Waals surface area contributed by atoms with Crippen LogP contribution in [0.15, 0.2) is 91.0 Å². The van der Waals surface area contributed by atoms with Crippen molar-refractivity contribution in [1.29, 1.82) is 0 Å². The van der Waals surface area contributed by atoms with Crippen LogP contribution in [0.5, 0.6) is 0 Å². The molecule has 1 saturated heterocycles. The molecule has 1 aliphatic heterocycles. The Hall–Kier alpha value is -1.51. The number of hydrogen-bond donors (Lipinski definition) is 0. The molecule has 30 heavy (non-hydrogen) atoms. The Morgan fingerprint density at radius 2 is 1.00 bits per heavy atom. The van der Waals surface area contributed by atoms with Crippen molar-refractivity contribution in [3.05, 3.63) is 108 Å². The minimum atomic E-state index is -2.44. The van der Waals surface area contributed by atoms with E-state index in [2.05, 4.69) is 106 Å². The molecule has 0 aromatic heterocycles. The molecule has 1 fully saturated rings. The third-order valence-corrected chi connectivity index (χ3v) is 14.0. The van der Waals surface area contributed by atoms with Gasteiger partial charge in [0.2, 0.25) is 0 Å². The Balaban J connectivity index is 1.72. The summed E-state index contributed by atoms with van der Waals surface area (Å²) in [6, 6.07) is 32.8. The van der Waals surface area contributed by atoms with Crippen LogP contribution < -0.4 is 0 Å². The standard InChI is InChI=1S/C26H30BrO2P/c27-30(19-16-26-28-17-18-29-26,20-23-10-4-1-5-11-23,21-24-12-6-2-7-13-24)22-25-14-8-3-9-15-25/h1-15,26H,16-22H2. The molecule has 3 aromatic rings. The molecule has 0 atom stereocenters. The zero-order valence-electron chi connectivity index (χ0n) is 17.3. The Kier molecular flexibility index (Phi) is 7.05. The van der Waals surface area contributed by atoms with Gasteiger partial charge in [0, 0.05) is 0 Å². The van der Waals surface area contributed by atoms with Gasteiger partial charge in [0.25, 0.3) is 0 Å². The number of benzene rings is 3. The quantitative estimate of drug-likeness (QED) is 0.298. The zero-order chi connectivity index (χ0) is 20.7.